The van der Waals surface area contributed by atoms with Gasteiger partial charge in [0.1, 0.15) is 0 Å². The van der Waals surface area contributed by atoms with E-state index in [-0.39, 0.29) is 22.7 Å². The minimum Gasteiger partial charge on any atom is -0.390 e. The molecule has 0 aliphatic carbocycles. The van der Waals surface area contributed by atoms with Crippen LogP contribution in [0.25, 0.3) is 0 Å². The molecule has 0 saturated carbocycles. The molecule has 0 unspecified atom stereocenters. The fourth-order valence-electron chi connectivity index (χ4n) is 6.65. The van der Waals surface area contributed by atoms with Crippen LogP contribution in [0.1, 0.15) is 77.8 Å². The van der Waals surface area contributed by atoms with Crippen molar-refractivity contribution < 1.29 is 23.1 Å². The zero-order chi connectivity index (χ0) is 36.8. The summed E-state index contributed by atoms with van der Waals surface area (Å²) in [7, 11) is -2.27. The van der Waals surface area contributed by atoms with E-state index in [4.69, 9.17) is 0 Å². The van der Waals surface area contributed by atoms with Crippen LogP contribution in [-0.2, 0) is 23.0 Å². The number of rotatable bonds is 19. The highest BCUT2D eigenvalue weighted by Gasteiger charge is 2.26. The first-order valence-corrected chi connectivity index (χ1v) is 20.2. The molecule has 1 saturated heterocycles. The van der Waals surface area contributed by atoms with Gasteiger partial charge in [-0.2, -0.15) is 0 Å². The molecule has 0 radical (unpaired) electrons. The molecule has 2 amide bonds. The molecule has 3 aromatic carbocycles. The second kappa shape index (κ2) is 19.7. The molecular weight excluding hydrogens is 663 g/mol. The number of nitrogens with one attached hydrogen (secondary N) is 2. The van der Waals surface area contributed by atoms with Crippen LogP contribution in [0.4, 0.5) is 5.69 Å². The van der Waals surface area contributed by atoms with E-state index < -0.39 is 28.1 Å². The highest BCUT2D eigenvalue weighted by molar-refractivity contribution is 7.92. The van der Waals surface area contributed by atoms with Gasteiger partial charge in [0.15, 0.2) is 0 Å². The summed E-state index contributed by atoms with van der Waals surface area (Å²) in [6.45, 7) is 9.29. The monoisotopic (exact) mass is 719 g/mol. The van der Waals surface area contributed by atoms with Crippen LogP contribution in [-0.4, -0.2) is 99.9 Å². The molecule has 1 aliphatic heterocycles. The molecule has 3 aromatic rings. The number of carbonyl (C=O) groups excluding carboxylic acids is 2. The lowest BCUT2D eigenvalue weighted by Gasteiger charge is -2.32. The maximum absolute atomic E-state index is 13.9. The zero-order valence-corrected chi connectivity index (χ0v) is 31.6. The van der Waals surface area contributed by atoms with E-state index in [0.29, 0.717) is 32.0 Å². The van der Waals surface area contributed by atoms with Gasteiger partial charge in [0.05, 0.1) is 24.1 Å². The first-order chi connectivity index (χ1) is 24.5. The Labute approximate surface area is 305 Å². The Morgan fingerprint density at radius 1 is 0.902 bits per heavy atom. The zero-order valence-electron chi connectivity index (χ0n) is 30.8. The van der Waals surface area contributed by atoms with Gasteiger partial charge in [-0.3, -0.25) is 18.8 Å². The lowest BCUT2D eigenvalue weighted by atomic mass is 9.93. The van der Waals surface area contributed by atoms with Crippen molar-refractivity contribution in [2.24, 2.45) is 5.92 Å². The van der Waals surface area contributed by atoms with E-state index in [1.165, 1.54) is 30.8 Å². The van der Waals surface area contributed by atoms with Gasteiger partial charge >= 0.3 is 0 Å². The van der Waals surface area contributed by atoms with E-state index in [2.05, 4.69) is 39.8 Å². The normalized spacial score (nSPS) is 15.2. The number of carbonyl (C=O) groups is 2. The summed E-state index contributed by atoms with van der Waals surface area (Å²) >= 11 is 0. The molecule has 1 heterocycles. The number of amides is 2. The molecule has 3 N–H and O–H groups in total. The molecule has 278 valence electrons. The molecule has 0 bridgehead atoms. The predicted molar refractivity (Wildman–Crippen MR) is 206 cm³/mol. The predicted octanol–water partition coefficient (Wildman–Crippen LogP) is 4.94. The van der Waals surface area contributed by atoms with Gasteiger partial charge in [-0.05, 0) is 93.4 Å². The first kappa shape index (κ1) is 40.0. The first-order valence-electron chi connectivity index (χ1n) is 18.4. The summed E-state index contributed by atoms with van der Waals surface area (Å²) in [6, 6.07) is 24.1. The maximum Gasteiger partial charge on any atom is 0.253 e. The molecule has 1 aliphatic rings. The SMILES string of the molecule is CCCN(CCC)C(=O)c1cc(C(=O)N[C@@H](Cc2ccccc2)[C@H](O)CNCCC2CCN(Cc3ccccc3)CC2)cc(N(C)S(C)(=O)=O)c1. The molecule has 1 fully saturated rings. The van der Waals surface area contributed by atoms with Crippen LogP contribution in [0.3, 0.4) is 0 Å². The fraction of sp³-hybridized carbons (Fsp3) is 0.500. The number of hydrogen-bond acceptors (Lipinski definition) is 7. The Balaban J connectivity index is 1.43. The molecule has 0 spiro atoms. The van der Waals surface area contributed by atoms with Gasteiger partial charge in [-0.25, -0.2) is 8.42 Å². The van der Waals surface area contributed by atoms with E-state index in [1.807, 2.05) is 50.2 Å². The van der Waals surface area contributed by atoms with E-state index >= 15 is 0 Å². The quantitative estimate of drug-likeness (QED) is 0.150. The number of likely N-dealkylation sites (tertiary alicyclic amines) is 1. The average molecular weight is 720 g/mol. The Hall–Kier alpha value is -3.77. The second-order valence-electron chi connectivity index (χ2n) is 13.8. The molecule has 10 nitrogen and oxygen atoms in total. The lowest BCUT2D eigenvalue weighted by molar-refractivity contribution is 0.0755. The minimum absolute atomic E-state index is 0.149. The van der Waals surface area contributed by atoms with Crippen molar-refractivity contribution in [3.05, 3.63) is 101 Å². The Morgan fingerprint density at radius 3 is 2.08 bits per heavy atom. The van der Waals surface area contributed by atoms with Crippen molar-refractivity contribution >= 4 is 27.5 Å². The molecule has 0 aromatic heterocycles. The van der Waals surface area contributed by atoms with Crippen LogP contribution in [0, 0.1) is 5.92 Å². The number of benzene rings is 3. The van der Waals surface area contributed by atoms with Crippen molar-refractivity contribution in [3.63, 3.8) is 0 Å². The number of nitrogens with zero attached hydrogens (tertiary/aromatic N) is 3. The summed E-state index contributed by atoms with van der Waals surface area (Å²) in [6.07, 6.45) is 5.43. The van der Waals surface area contributed by atoms with Gasteiger partial charge < -0.3 is 20.6 Å². The van der Waals surface area contributed by atoms with Crippen LogP contribution < -0.4 is 14.9 Å². The standard InChI is InChI=1S/C40H57N5O5S/c1-5-21-45(22-6-2)40(48)35-26-34(27-36(28-35)43(3)51(4,49)50)39(47)42-37(25-32-13-9-7-10-14-32)38(46)29-41-20-17-31-18-23-44(24-19-31)30-33-15-11-8-12-16-33/h7-16,26-28,31,37-38,41,46H,5-6,17-25,29-30H2,1-4H3,(H,42,47)/t37-,38+/m0/s1. The van der Waals surface area contributed by atoms with Gasteiger partial charge in [-0.1, -0.05) is 74.5 Å². The number of hydrogen-bond donors (Lipinski definition) is 3. The van der Waals surface area contributed by atoms with Crippen molar-refractivity contribution in [1.82, 2.24) is 20.4 Å². The van der Waals surface area contributed by atoms with E-state index in [0.717, 1.165) is 74.4 Å². The summed E-state index contributed by atoms with van der Waals surface area (Å²) in [4.78, 5) is 31.8. The van der Waals surface area contributed by atoms with Crippen LogP contribution in [0.2, 0.25) is 0 Å². The fourth-order valence-corrected chi connectivity index (χ4v) is 7.14. The third-order valence-corrected chi connectivity index (χ3v) is 10.9. The molecular formula is C40H57N5O5S. The summed E-state index contributed by atoms with van der Waals surface area (Å²) in [5.41, 5.74) is 2.91. The van der Waals surface area contributed by atoms with Crippen LogP contribution >= 0.6 is 0 Å². The summed E-state index contributed by atoms with van der Waals surface area (Å²) in [5, 5.41) is 17.9. The minimum atomic E-state index is -3.67. The van der Waals surface area contributed by atoms with Gasteiger partial charge in [-0.15, -0.1) is 0 Å². The average Bonchev–Trinajstić information content (AvgIpc) is 3.13. The van der Waals surface area contributed by atoms with Crippen LogP contribution in [0.15, 0.2) is 78.9 Å². The van der Waals surface area contributed by atoms with Gasteiger partial charge in [0, 0.05) is 44.4 Å². The number of sulfonamides is 1. The Bertz CT molecular complexity index is 1630. The Kier molecular flexibility index (Phi) is 15.5. The number of aliphatic hydroxyl groups is 1. The van der Waals surface area contributed by atoms with E-state index in [9.17, 15) is 23.1 Å². The van der Waals surface area contributed by atoms with Crippen molar-refractivity contribution in [3.8, 4) is 0 Å². The molecule has 4 rings (SSSR count). The maximum atomic E-state index is 13.9. The third-order valence-electron chi connectivity index (χ3n) is 9.68. The van der Waals surface area contributed by atoms with E-state index in [1.54, 1.807) is 4.90 Å². The molecule has 2 atom stereocenters. The van der Waals surface area contributed by atoms with Gasteiger partial charge in [0.2, 0.25) is 10.0 Å². The van der Waals surface area contributed by atoms with Gasteiger partial charge in [0.25, 0.3) is 11.8 Å². The summed E-state index contributed by atoms with van der Waals surface area (Å²) < 4.78 is 26.1. The smallest absolute Gasteiger partial charge is 0.253 e. The number of aliphatic hydroxyl groups excluding tert-OH is 1. The Morgan fingerprint density at radius 2 is 1.49 bits per heavy atom. The van der Waals surface area contributed by atoms with Crippen molar-refractivity contribution in [2.75, 3.05) is 56.9 Å². The lowest BCUT2D eigenvalue weighted by Crippen LogP contribution is -2.49. The van der Waals surface area contributed by atoms with Crippen LogP contribution in [0.5, 0.6) is 0 Å². The largest absolute Gasteiger partial charge is 0.390 e. The number of anilines is 1. The third kappa shape index (κ3) is 12.5. The summed E-state index contributed by atoms with van der Waals surface area (Å²) in [5.74, 6) is -0.127. The number of piperidine rings is 1. The van der Waals surface area contributed by atoms with Crippen molar-refractivity contribution in [1.29, 1.82) is 0 Å². The van der Waals surface area contributed by atoms with Crippen molar-refractivity contribution in [2.45, 2.75) is 71.1 Å². The highest BCUT2D eigenvalue weighted by Crippen LogP contribution is 2.24. The topological polar surface area (TPSA) is 122 Å². The second-order valence-corrected chi connectivity index (χ2v) is 15.8. The molecule has 11 heteroatoms. The molecule has 51 heavy (non-hydrogen) atoms. The highest BCUT2D eigenvalue weighted by atomic mass is 32.2.